The van der Waals surface area contributed by atoms with Crippen LogP contribution in [0.15, 0.2) is 91.3 Å². The van der Waals surface area contributed by atoms with E-state index in [-0.39, 0.29) is 17.7 Å². The zero-order valence-electron chi connectivity index (χ0n) is 27.7. The largest absolute Gasteiger partial charge is 0.490 e. The maximum absolute atomic E-state index is 13.6. The number of rotatable bonds is 9. The standard InChI is InChI=1S/C37H40N6O5/c1-5-46-33-23-27(15-16-32(33)47-25-26-11-7-6-8-12-26)28-24-38-43-18-17-30(39-34(28)43)35(44)40-29-13-9-10-14-31(29)41-19-21-42(22-20-41)36(45)48-37(2,3)4/h6-18,23-24H,5,19-22,25H2,1-4H3,(H,40,44). The molecule has 48 heavy (non-hydrogen) atoms. The number of piperazine rings is 1. The third-order valence-corrected chi connectivity index (χ3v) is 7.82. The number of hydrogen-bond donors (Lipinski definition) is 1. The molecular formula is C37H40N6O5. The number of amides is 2. The quantitative estimate of drug-likeness (QED) is 0.188. The SMILES string of the molecule is CCOc1cc(-c2cnn3ccc(C(=O)Nc4ccccc4N4CCN(C(=O)OC(C)(C)C)CC4)nc23)ccc1OCc1ccccc1. The van der Waals surface area contributed by atoms with Crippen LogP contribution in [0.1, 0.15) is 43.7 Å². The van der Waals surface area contributed by atoms with Gasteiger partial charge in [0.15, 0.2) is 17.1 Å². The molecule has 1 aliphatic rings. The van der Waals surface area contributed by atoms with Crippen LogP contribution < -0.4 is 19.7 Å². The predicted molar refractivity (Wildman–Crippen MR) is 185 cm³/mol. The molecule has 0 bridgehead atoms. The summed E-state index contributed by atoms with van der Waals surface area (Å²) in [5, 5.41) is 7.53. The van der Waals surface area contributed by atoms with Crippen LogP contribution in [0.4, 0.5) is 16.2 Å². The van der Waals surface area contributed by atoms with E-state index in [0.717, 1.165) is 22.4 Å². The van der Waals surface area contributed by atoms with Crippen LogP contribution in [-0.4, -0.2) is 69.9 Å². The number of anilines is 2. The van der Waals surface area contributed by atoms with Gasteiger partial charge < -0.3 is 29.3 Å². The van der Waals surface area contributed by atoms with Crippen molar-refractivity contribution in [2.24, 2.45) is 0 Å². The maximum Gasteiger partial charge on any atom is 0.410 e. The molecule has 11 nitrogen and oxygen atoms in total. The number of benzene rings is 3. The van der Waals surface area contributed by atoms with Gasteiger partial charge in [0.25, 0.3) is 5.91 Å². The number of ether oxygens (including phenoxy) is 3. The molecule has 2 aromatic heterocycles. The molecule has 1 N–H and O–H groups in total. The highest BCUT2D eigenvalue weighted by atomic mass is 16.6. The Morgan fingerprint density at radius 2 is 1.62 bits per heavy atom. The Morgan fingerprint density at radius 3 is 2.38 bits per heavy atom. The minimum Gasteiger partial charge on any atom is -0.490 e. The Morgan fingerprint density at radius 1 is 0.875 bits per heavy atom. The van der Waals surface area contributed by atoms with E-state index in [1.165, 1.54) is 0 Å². The lowest BCUT2D eigenvalue weighted by atomic mass is 10.1. The second kappa shape index (κ2) is 14.0. The average molecular weight is 649 g/mol. The van der Waals surface area contributed by atoms with Gasteiger partial charge in [-0.25, -0.2) is 14.3 Å². The fraction of sp³-hybridized carbons (Fsp3) is 0.297. The third kappa shape index (κ3) is 7.52. The van der Waals surface area contributed by atoms with Gasteiger partial charge in [0.05, 0.1) is 24.2 Å². The highest BCUT2D eigenvalue weighted by Gasteiger charge is 2.27. The summed E-state index contributed by atoms with van der Waals surface area (Å²) in [6, 6.07) is 25.0. The van der Waals surface area contributed by atoms with Crippen LogP contribution in [-0.2, 0) is 11.3 Å². The van der Waals surface area contributed by atoms with Gasteiger partial charge in [0, 0.05) is 37.9 Å². The second-order valence-electron chi connectivity index (χ2n) is 12.4. The van der Waals surface area contributed by atoms with Crippen LogP contribution in [0, 0.1) is 0 Å². The minimum absolute atomic E-state index is 0.252. The molecule has 248 valence electrons. The molecule has 11 heteroatoms. The van der Waals surface area contributed by atoms with E-state index in [4.69, 9.17) is 19.2 Å². The Balaban J connectivity index is 1.18. The molecule has 1 saturated heterocycles. The molecule has 0 atom stereocenters. The van der Waals surface area contributed by atoms with E-state index in [0.29, 0.717) is 62.2 Å². The van der Waals surface area contributed by atoms with E-state index in [1.54, 1.807) is 27.9 Å². The zero-order valence-corrected chi connectivity index (χ0v) is 27.7. The van der Waals surface area contributed by atoms with E-state index in [1.807, 2.05) is 100 Å². The van der Waals surface area contributed by atoms with Gasteiger partial charge in [0.2, 0.25) is 0 Å². The molecule has 0 radical (unpaired) electrons. The van der Waals surface area contributed by atoms with Crippen LogP contribution >= 0.6 is 0 Å². The van der Waals surface area contributed by atoms with Crippen molar-refractivity contribution >= 4 is 29.0 Å². The Labute approximate surface area is 280 Å². The van der Waals surface area contributed by atoms with E-state index in [2.05, 4.69) is 15.3 Å². The molecule has 5 aromatic rings. The smallest absolute Gasteiger partial charge is 0.410 e. The molecule has 3 heterocycles. The van der Waals surface area contributed by atoms with Crippen molar-refractivity contribution in [2.45, 2.75) is 39.9 Å². The van der Waals surface area contributed by atoms with Crippen molar-refractivity contribution in [3.63, 3.8) is 0 Å². The van der Waals surface area contributed by atoms with Crippen molar-refractivity contribution in [2.75, 3.05) is 43.0 Å². The molecule has 3 aromatic carbocycles. The number of fused-ring (bicyclic) bond motifs is 1. The first-order chi connectivity index (χ1) is 23.2. The number of hydrogen-bond acceptors (Lipinski definition) is 8. The normalized spacial score (nSPS) is 13.3. The average Bonchev–Trinajstić information content (AvgIpc) is 3.51. The topological polar surface area (TPSA) is 111 Å². The van der Waals surface area contributed by atoms with Crippen LogP contribution in [0.2, 0.25) is 0 Å². The molecule has 1 fully saturated rings. The van der Waals surface area contributed by atoms with E-state index < -0.39 is 5.60 Å². The summed E-state index contributed by atoms with van der Waals surface area (Å²) >= 11 is 0. The van der Waals surface area contributed by atoms with Crippen LogP contribution in [0.5, 0.6) is 11.5 Å². The second-order valence-corrected chi connectivity index (χ2v) is 12.4. The van der Waals surface area contributed by atoms with Gasteiger partial charge in [0.1, 0.15) is 17.9 Å². The number of aromatic nitrogens is 3. The first-order valence-electron chi connectivity index (χ1n) is 16.1. The molecule has 0 aliphatic carbocycles. The fourth-order valence-electron chi connectivity index (χ4n) is 5.50. The summed E-state index contributed by atoms with van der Waals surface area (Å²) in [7, 11) is 0. The molecular weight excluding hydrogens is 608 g/mol. The molecule has 0 spiro atoms. The third-order valence-electron chi connectivity index (χ3n) is 7.82. The monoisotopic (exact) mass is 648 g/mol. The summed E-state index contributed by atoms with van der Waals surface area (Å²) in [5.41, 5.74) is 4.43. The Kier molecular flexibility index (Phi) is 9.47. The van der Waals surface area contributed by atoms with Gasteiger partial charge in [-0.1, -0.05) is 48.5 Å². The summed E-state index contributed by atoms with van der Waals surface area (Å²) in [6.07, 6.45) is 3.14. The van der Waals surface area contributed by atoms with Crippen LogP contribution in [0.3, 0.4) is 0 Å². The van der Waals surface area contributed by atoms with Crippen LogP contribution in [0.25, 0.3) is 16.8 Å². The van der Waals surface area contributed by atoms with Crippen molar-refractivity contribution < 1.29 is 23.8 Å². The first kappa shape index (κ1) is 32.4. The molecule has 6 rings (SSSR count). The Hall–Kier alpha value is -5.58. The van der Waals surface area contributed by atoms with Crippen molar-refractivity contribution in [3.8, 4) is 22.6 Å². The molecule has 1 aliphatic heterocycles. The Bertz CT molecular complexity index is 1890. The number of nitrogens with zero attached hydrogens (tertiary/aromatic N) is 5. The van der Waals surface area contributed by atoms with E-state index >= 15 is 0 Å². The van der Waals surface area contributed by atoms with Gasteiger partial charge in [-0.3, -0.25) is 4.79 Å². The summed E-state index contributed by atoms with van der Waals surface area (Å²) in [4.78, 5) is 34.7. The minimum atomic E-state index is -0.547. The van der Waals surface area contributed by atoms with Crippen molar-refractivity contribution in [1.29, 1.82) is 0 Å². The molecule has 0 saturated carbocycles. The number of nitrogens with one attached hydrogen (secondary N) is 1. The lowest BCUT2D eigenvalue weighted by Gasteiger charge is -2.37. The highest BCUT2D eigenvalue weighted by molar-refractivity contribution is 6.05. The lowest BCUT2D eigenvalue weighted by Crippen LogP contribution is -2.50. The highest BCUT2D eigenvalue weighted by Crippen LogP contribution is 2.35. The maximum atomic E-state index is 13.6. The van der Waals surface area contributed by atoms with Crippen molar-refractivity contribution in [1.82, 2.24) is 19.5 Å². The first-order valence-corrected chi connectivity index (χ1v) is 16.1. The van der Waals surface area contributed by atoms with Gasteiger partial charge in [-0.15, -0.1) is 0 Å². The summed E-state index contributed by atoms with van der Waals surface area (Å²) < 4.78 is 19.2. The number of carbonyl (C=O) groups excluding carboxylic acids is 2. The van der Waals surface area contributed by atoms with Crippen molar-refractivity contribution in [3.05, 3.63) is 103 Å². The zero-order chi connectivity index (χ0) is 33.7. The summed E-state index contributed by atoms with van der Waals surface area (Å²) in [6.45, 7) is 10.7. The fourth-order valence-corrected chi connectivity index (χ4v) is 5.50. The molecule has 2 amide bonds. The molecule has 0 unspecified atom stereocenters. The van der Waals surface area contributed by atoms with Gasteiger partial charge in [-0.05, 0) is 69.2 Å². The predicted octanol–water partition coefficient (Wildman–Crippen LogP) is 6.68. The van der Waals surface area contributed by atoms with E-state index in [9.17, 15) is 9.59 Å². The number of carbonyl (C=O) groups is 2. The lowest BCUT2D eigenvalue weighted by molar-refractivity contribution is 0.0240. The summed E-state index contributed by atoms with van der Waals surface area (Å²) in [5.74, 6) is 0.908. The number of para-hydroxylation sites is 2. The van der Waals surface area contributed by atoms with Gasteiger partial charge in [-0.2, -0.15) is 5.10 Å². The van der Waals surface area contributed by atoms with Gasteiger partial charge >= 0.3 is 6.09 Å².